The number of hydrogen-bond donors (Lipinski definition) is 3. The Labute approximate surface area is 371 Å². The van der Waals surface area contributed by atoms with E-state index in [-0.39, 0.29) is 60.2 Å². The summed E-state index contributed by atoms with van der Waals surface area (Å²) in [5, 5.41) is 22.6. The molecule has 11 aliphatic rings. The molecule has 326 valence electrons. The van der Waals surface area contributed by atoms with Crippen LogP contribution < -0.4 is 16.0 Å². The molecular formula is C55H71N6O+. The van der Waals surface area contributed by atoms with Crippen molar-refractivity contribution in [1.82, 2.24) is 20.1 Å². The molecule has 0 bridgehead atoms. The van der Waals surface area contributed by atoms with Crippen LogP contribution in [0.4, 0.5) is 0 Å². The van der Waals surface area contributed by atoms with Crippen LogP contribution in [0, 0.1) is 40.4 Å². The summed E-state index contributed by atoms with van der Waals surface area (Å²) in [5.74, 6) is 1.57. The molecule has 0 spiro atoms. The van der Waals surface area contributed by atoms with Gasteiger partial charge >= 0.3 is 0 Å². The van der Waals surface area contributed by atoms with Gasteiger partial charge in [0.2, 0.25) is 0 Å². The lowest BCUT2D eigenvalue weighted by atomic mass is 9.76. The van der Waals surface area contributed by atoms with Gasteiger partial charge in [0.1, 0.15) is 0 Å². The predicted molar refractivity (Wildman–Crippen MR) is 248 cm³/mol. The highest BCUT2D eigenvalue weighted by molar-refractivity contribution is 5.69. The summed E-state index contributed by atoms with van der Waals surface area (Å²) >= 11 is 0. The van der Waals surface area contributed by atoms with Crippen LogP contribution in [0.5, 0.6) is 0 Å². The highest BCUT2D eigenvalue weighted by atomic mass is 16.5. The molecule has 3 heterocycles. The molecular weight excluding hydrogens is 761 g/mol. The van der Waals surface area contributed by atoms with E-state index in [0.29, 0.717) is 23.8 Å². The zero-order chi connectivity index (χ0) is 41.5. The summed E-state index contributed by atoms with van der Waals surface area (Å²) in [6, 6.07) is 3.89. The molecule has 7 nitrogen and oxygen atoms in total. The van der Waals surface area contributed by atoms with Crippen molar-refractivity contribution in [2.75, 3.05) is 0 Å². The fraction of sp³-hybridized carbons (Fsp3) is 0.618. The van der Waals surface area contributed by atoms with E-state index in [1.54, 1.807) is 11.1 Å². The van der Waals surface area contributed by atoms with Gasteiger partial charge < -0.3 is 14.6 Å². The molecule has 4 N–H and O–H groups in total. The zero-order valence-electron chi connectivity index (χ0n) is 37.5. The molecule has 0 radical (unpaired) electrons. The Hall–Kier alpha value is -3.51. The molecule has 62 heavy (non-hydrogen) atoms. The van der Waals surface area contributed by atoms with Crippen LogP contribution in [0.2, 0.25) is 0 Å². The number of rotatable bonds is 5. The van der Waals surface area contributed by atoms with Crippen LogP contribution in [0.3, 0.4) is 0 Å². The number of allylic oxidation sites excluding steroid dienone is 9. The van der Waals surface area contributed by atoms with E-state index in [1.165, 1.54) is 91.4 Å². The van der Waals surface area contributed by atoms with Crippen molar-refractivity contribution < 1.29 is 10.1 Å². The van der Waals surface area contributed by atoms with Crippen molar-refractivity contribution >= 4 is 12.2 Å². The Kier molecular flexibility index (Phi) is 10.4. The molecule has 9 aliphatic carbocycles. The molecule has 4 fully saturated rings. The van der Waals surface area contributed by atoms with Crippen LogP contribution >= 0.6 is 0 Å². The molecule has 2 aliphatic heterocycles. The van der Waals surface area contributed by atoms with Gasteiger partial charge in [-0.2, -0.15) is 5.26 Å². The first-order valence-corrected chi connectivity index (χ1v) is 25.4. The fourth-order valence-corrected chi connectivity index (χ4v) is 15.2. The molecule has 13 atom stereocenters. The van der Waals surface area contributed by atoms with E-state index in [2.05, 4.69) is 118 Å². The van der Waals surface area contributed by atoms with Gasteiger partial charge in [0.05, 0.1) is 42.4 Å². The fourth-order valence-electron chi connectivity index (χ4n) is 15.2. The van der Waals surface area contributed by atoms with Gasteiger partial charge in [-0.15, -0.1) is 0 Å². The van der Waals surface area contributed by atoms with Crippen LogP contribution in [0.1, 0.15) is 145 Å². The van der Waals surface area contributed by atoms with Crippen molar-refractivity contribution in [1.29, 1.82) is 5.26 Å². The van der Waals surface area contributed by atoms with E-state index < -0.39 is 0 Å². The van der Waals surface area contributed by atoms with E-state index in [1.807, 2.05) is 0 Å². The Morgan fingerprint density at radius 2 is 1.65 bits per heavy atom. The average Bonchev–Trinajstić information content (AvgIpc) is 3.78. The SMILES string of the molecule is CC1(C)C2=CC(C3NC(C4C=CCCC4)NC(C4=CC(C#N)C(n5c6c(c7c5CCC=C7)CCC=C6)CC4N4C5C=CCCC5OC5CCCCC54)[NH2+]3)=CCC2C2CCCC=C21. The molecule has 2 saturated heterocycles. The molecule has 0 amide bonds. The first-order valence-electron chi connectivity index (χ1n) is 25.4. The number of nitrogens with zero attached hydrogens (tertiary/aromatic N) is 3. The topological polar surface area (TPSA) is 81.9 Å². The van der Waals surface area contributed by atoms with Crippen molar-refractivity contribution in [3.05, 3.63) is 106 Å². The standard InChI is InChI=1S/C55H70N6O/c1-55(2)42-21-9-6-18-37(42)38-29-28-35(31-43(38)55)53-57-52(34-16-4-3-5-17-34)58-54(59-53)41-30-36(33-56)48(60-44-22-10-7-19-39(44)40-20-8-11-23-45(40)60)32-49(41)61-46-24-12-14-26-50(46)62-51-27-15-13-25-47(51)61/h4,7,11-12,16,19,21,23-24,28,30-31,34,36-38,46-54,57-59H,3,5-6,8-10,13-15,17-18,20,22,25-27,29,32H2,1-2H3/p+1. The summed E-state index contributed by atoms with van der Waals surface area (Å²) in [6.07, 6.45) is 51.8. The zero-order valence-corrected chi connectivity index (χ0v) is 37.5. The lowest BCUT2D eigenvalue weighted by Gasteiger charge is -2.57. The second kappa shape index (κ2) is 16.2. The quantitative estimate of drug-likeness (QED) is 0.258. The minimum atomic E-state index is -0.215. The first-order chi connectivity index (χ1) is 30.5. The maximum absolute atomic E-state index is 11.4. The van der Waals surface area contributed by atoms with Crippen molar-refractivity contribution in [2.24, 2.45) is 29.1 Å². The maximum atomic E-state index is 11.4. The van der Waals surface area contributed by atoms with Gasteiger partial charge in [-0.1, -0.05) is 105 Å². The maximum Gasteiger partial charge on any atom is 0.168 e. The molecule has 12 rings (SSSR count). The van der Waals surface area contributed by atoms with Gasteiger partial charge in [-0.05, 0) is 132 Å². The molecule has 7 heteroatoms. The lowest BCUT2D eigenvalue weighted by molar-refractivity contribution is -0.727. The summed E-state index contributed by atoms with van der Waals surface area (Å²) in [5.41, 5.74) is 12.2. The molecule has 0 aromatic carbocycles. The molecule has 1 aromatic rings. The third-order valence-electron chi connectivity index (χ3n) is 18.0. The van der Waals surface area contributed by atoms with Gasteiger partial charge in [-0.3, -0.25) is 4.90 Å². The number of morpholine rings is 1. The van der Waals surface area contributed by atoms with E-state index in [4.69, 9.17) is 4.74 Å². The number of nitriles is 1. The van der Waals surface area contributed by atoms with E-state index in [9.17, 15) is 5.26 Å². The summed E-state index contributed by atoms with van der Waals surface area (Å²) in [6.45, 7) is 5.03. The monoisotopic (exact) mass is 832 g/mol. The number of nitrogens with one attached hydrogen (secondary N) is 2. The Morgan fingerprint density at radius 1 is 0.790 bits per heavy atom. The van der Waals surface area contributed by atoms with Gasteiger partial charge in [0.25, 0.3) is 0 Å². The minimum absolute atomic E-state index is 0.0495. The smallest absolute Gasteiger partial charge is 0.168 e. The number of fused-ring (bicyclic) bond motifs is 8. The second-order valence-electron chi connectivity index (χ2n) is 21.6. The van der Waals surface area contributed by atoms with Crippen LogP contribution in [0.15, 0.2) is 83.1 Å². The number of nitrogens with two attached hydrogens (primary N) is 1. The predicted octanol–water partition coefficient (Wildman–Crippen LogP) is 9.25. The Morgan fingerprint density at radius 3 is 2.55 bits per heavy atom. The van der Waals surface area contributed by atoms with Gasteiger partial charge in [0, 0.05) is 46.0 Å². The van der Waals surface area contributed by atoms with Crippen molar-refractivity contribution in [2.45, 2.75) is 184 Å². The van der Waals surface area contributed by atoms with Crippen LogP contribution in [0.25, 0.3) is 12.2 Å². The Bertz CT molecular complexity index is 2240. The average molecular weight is 832 g/mol. The summed E-state index contributed by atoms with van der Waals surface area (Å²) < 4.78 is 9.82. The normalized spacial score (nSPS) is 40.6. The summed E-state index contributed by atoms with van der Waals surface area (Å²) in [4.78, 5) is 3.00. The third-order valence-corrected chi connectivity index (χ3v) is 18.0. The number of aromatic nitrogens is 1. The lowest BCUT2D eigenvalue weighted by Crippen LogP contribution is -3.05. The van der Waals surface area contributed by atoms with Gasteiger partial charge in [0.15, 0.2) is 12.3 Å². The highest BCUT2D eigenvalue weighted by Gasteiger charge is 2.53. The minimum Gasteiger partial charge on any atom is -0.371 e. The number of hydrogen-bond acceptors (Lipinski definition) is 5. The van der Waals surface area contributed by atoms with Crippen LogP contribution in [-0.2, 0) is 17.6 Å². The number of quaternary nitrogens is 1. The third kappa shape index (κ3) is 6.59. The molecule has 1 aromatic heterocycles. The van der Waals surface area contributed by atoms with E-state index >= 15 is 0 Å². The van der Waals surface area contributed by atoms with Crippen LogP contribution in [-0.4, -0.2) is 58.3 Å². The number of ether oxygens (including phenoxy) is 1. The van der Waals surface area contributed by atoms with Crippen molar-refractivity contribution in [3.63, 3.8) is 0 Å². The molecule has 2 saturated carbocycles. The first kappa shape index (κ1) is 40.0. The van der Waals surface area contributed by atoms with E-state index in [0.717, 1.165) is 57.8 Å². The Balaban J connectivity index is 0.978. The largest absolute Gasteiger partial charge is 0.371 e. The molecule has 13 unspecified atom stereocenters. The van der Waals surface area contributed by atoms with Crippen molar-refractivity contribution in [3.8, 4) is 6.07 Å². The second-order valence-corrected chi connectivity index (χ2v) is 21.6. The van der Waals surface area contributed by atoms with Gasteiger partial charge in [-0.25, -0.2) is 10.6 Å². The summed E-state index contributed by atoms with van der Waals surface area (Å²) in [7, 11) is 0. The highest BCUT2D eigenvalue weighted by Crippen LogP contribution is 2.59.